The molecule has 1 aromatic carbocycles. The number of rotatable bonds is 1. The van der Waals surface area contributed by atoms with Crippen LogP contribution in [-0.4, -0.2) is 4.98 Å². The topological polar surface area (TPSA) is 12.9 Å². The first kappa shape index (κ1) is 14.0. The Morgan fingerprint density at radius 1 is 0.812 bits per heavy atom. The van der Waals surface area contributed by atoms with Gasteiger partial charge in [0.2, 0.25) is 0 Å². The number of hydrogen-bond donors (Lipinski definition) is 0. The van der Waals surface area contributed by atoms with Crippen molar-refractivity contribution in [3.8, 4) is 11.1 Å². The SMILES string of the molecule is C[XeH].Cc1cc(-c2ccccc2)cc(C)n1. The fourth-order valence-corrected chi connectivity index (χ4v) is 1.63. The quantitative estimate of drug-likeness (QED) is 0.777. The molecule has 0 unspecified atom stereocenters. The number of benzene rings is 1. The molecular formula is C14H17NXe. The zero-order chi connectivity index (χ0) is 12.0. The van der Waals surface area contributed by atoms with E-state index in [1.54, 1.807) is 0 Å². The van der Waals surface area contributed by atoms with Gasteiger partial charge in [0.05, 0.1) is 0 Å². The zero-order valence-corrected chi connectivity index (χ0v) is 12.0. The number of pyridine rings is 1. The van der Waals surface area contributed by atoms with Crippen LogP contribution in [-0.2, 0) is 0 Å². The minimum Gasteiger partial charge on any atom is -0.258 e. The third-order valence-corrected chi connectivity index (χ3v) is 2.19. The number of aromatic nitrogens is 1. The van der Waals surface area contributed by atoms with Crippen molar-refractivity contribution in [1.29, 1.82) is 0 Å². The molecule has 0 saturated heterocycles. The molecule has 0 amide bonds. The molecule has 0 aliphatic rings. The Bertz CT molecular complexity index is 417. The molecule has 16 heavy (non-hydrogen) atoms. The summed E-state index contributed by atoms with van der Waals surface area (Å²) in [4.78, 5) is 4.36. The second kappa shape index (κ2) is 7.30. The fourth-order valence-electron chi connectivity index (χ4n) is 1.63. The molecule has 2 heteroatoms. The number of hydrogen-bond acceptors (Lipinski definition) is 1. The number of aryl methyl sites for hydroxylation is 2. The van der Waals surface area contributed by atoms with Crippen LogP contribution in [0.4, 0.5) is 0 Å². The van der Waals surface area contributed by atoms with Crippen LogP contribution in [0.3, 0.4) is 0 Å². The summed E-state index contributed by atoms with van der Waals surface area (Å²) < 4.78 is 1.97. The Labute approximate surface area is 130 Å². The van der Waals surface area contributed by atoms with Gasteiger partial charge in [-0.25, -0.2) is 0 Å². The maximum Gasteiger partial charge on any atom is 0.0382 e. The van der Waals surface area contributed by atoms with E-state index in [9.17, 15) is 0 Å². The molecule has 0 spiro atoms. The first-order chi connectivity index (χ1) is 7.75. The molecule has 0 N–H and O–H groups in total. The van der Waals surface area contributed by atoms with Crippen molar-refractivity contribution in [2.45, 2.75) is 15.2 Å². The molecule has 1 heterocycles. The first-order valence-corrected chi connectivity index (χ1v) is 7.30. The minimum atomic E-state index is 1.07. The van der Waals surface area contributed by atoms with Gasteiger partial charge in [0.25, 0.3) is 0 Å². The van der Waals surface area contributed by atoms with Crippen molar-refractivity contribution in [3.05, 3.63) is 53.9 Å². The van der Waals surface area contributed by atoms with E-state index < -0.39 is 0 Å². The summed E-state index contributed by atoms with van der Waals surface area (Å²) in [7, 11) is 0. The summed E-state index contributed by atoms with van der Waals surface area (Å²) in [6.45, 7) is 4.05. The third kappa shape index (κ3) is 4.07. The van der Waals surface area contributed by atoms with E-state index in [2.05, 4.69) is 87.9 Å². The average Bonchev–Trinajstić information content (AvgIpc) is 2.32. The Morgan fingerprint density at radius 3 is 1.81 bits per heavy atom. The molecule has 1 aromatic heterocycles. The predicted octanol–water partition coefficient (Wildman–Crippen LogP) is 3.68. The van der Waals surface area contributed by atoms with Gasteiger partial charge in [-0.3, -0.25) is 4.98 Å². The van der Waals surface area contributed by atoms with Gasteiger partial charge in [0.15, 0.2) is 0 Å². The molecule has 86 valence electrons. The van der Waals surface area contributed by atoms with Crippen LogP contribution in [0.5, 0.6) is 0 Å². The van der Waals surface area contributed by atoms with Gasteiger partial charge >= 0.3 is 47.9 Å². The summed E-state index contributed by atoms with van der Waals surface area (Å²) in [5.74, 6) is 0. The Balaban J connectivity index is 0.000000606. The van der Waals surface area contributed by atoms with Gasteiger partial charge in [-0.15, -0.1) is 0 Å². The van der Waals surface area contributed by atoms with Crippen LogP contribution in [0.1, 0.15) is 11.4 Å². The number of nitrogens with zero attached hydrogens (tertiary/aromatic N) is 1. The molecule has 0 radical (unpaired) electrons. The Morgan fingerprint density at radius 2 is 1.31 bits per heavy atom. The Kier molecular flexibility index (Phi) is 6.39. The summed E-state index contributed by atoms with van der Waals surface area (Å²) in [6, 6.07) is 14.6. The molecule has 0 bridgehead atoms. The monoisotopic (exact) mass is 331 g/mol. The van der Waals surface area contributed by atoms with Crippen LogP contribution in [0.2, 0.25) is 1.39 Å². The van der Waals surface area contributed by atoms with Crippen LogP contribution >= 0.6 is 0 Å². The van der Waals surface area contributed by atoms with Crippen LogP contribution in [0.25, 0.3) is 11.1 Å². The molecule has 0 saturated carbocycles. The van der Waals surface area contributed by atoms with Gasteiger partial charge in [0, 0.05) is 11.4 Å². The molecule has 0 aliphatic heterocycles. The smallest absolute Gasteiger partial charge is 0.0382 e. The summed E-state index contributed by atoms with van der Waals surface area (Å²) in [5, 5.41) is 0. The normalized spacial score (nSPS) is 9.31. The van der Waals surface area contributed by atoms with Gasteiger partial charge in [-0.05, 0) is 37.1 Å². The second-order valence-electron chi connectivity index (χ2n) is 3.50. The molecule has 1 nitrogen and oxygen atoms in total. The predicted molar refractivity (Wildman–Crippen MR) is 66.4 cm³/mol. The standard InChI is InChI=1S/C13H13N.CH4Xe/c1-10-8-13(9-11(2)14-10)12-6-4-3-5-7-12;1-2/h3-9H,1-2H3;2H,1H3. The van der Waals surface area contributed by atoms with Crippen molar-refractivity contribution >= 4 is 0 Å². The van der Waals surface area contributed by atoms with Crippen LogP contribution in [0.15, 0.2) is 42.5 Å². The van der Waals surface area contributed by atoms with Crippen molar-refractivity contribution < 1.29 is 46.5 Å². The summed E-state index contributed by atoms with van der Waals surface area (Å²) in [5.41, 5.74) is 4.64. The van der Waals surface area contributed by atoms with Crippen molar-refractivity contribution in [2.75, 3.05) is 0 Å². The molecule has 0 aliphatic carbocycles. The van der Waals surface area contributed by atoms with E-state index in [1.807, 2.05) is 21.3 Å². The van der Waals surface area contributed by atoms with Gasteiger partial charge in [0.1, 0.15) is 0 Å². The average molecular weight is 331 g/mol. The van der Waals surface area contributed by atoms with Gasteiger partial charge in [-0.2, -0.15) is 0 Å². The summed E-state index contributed by atoms with van der Waals surface area (Å²) in [6.07, 6.45) is 0. The summed E-state index contributed by atoms with van der Waals surface area (Å²) >= 11 is 2.15. The largest absolute Gasteiger partial charge is 0.258 e. The first-order valence-electron chi connectivity index (χ1n) is 5.14. The Hall–Kier alpha value is -0.0586. The van der Waals surface area contributed by atoms with Gasteiger partial charge in [-0.1, -0.05) is 30.3 Å². The second-order valence-corrected chi connectivity index (χ2v) is 3.50. The molecule has 0 fully saturated rings. The zero-order valence-electron chi connectivity index (χ0n) is 9.87. The van der Waals surface area contributed by atoms with E-state index in [1.165, 1.54) is 11.1 Å². The molecule has 0 atom stereocenters. The van der Waals surface area contributed by atoms with Crippen molar-refractivity contribution in [3.63, 3.8) is 0 Å². The molecule has 2 aromatic rings. The minimum absolute atomic E-state index is 1.07. The van der Waals surface area contributed by atoms with E-state index in [0.29, 0.717) is 0 Å². The fraction of sp³-hybridized carbons (Fsp3) is 0.214. The molecule has 2 rings (SSSR count). The third-order valence-electron chi connectivity index (χ3n) is 2.19. The van der Waals surface area contributed by atoms with Crippen LogP contribution in [0, 0.1) is 60.4 Å². The van der Waals surface area contributed by atoms with Crippen molar-refractivity contribution in [2.24, 2.45) is 0 Å². The molecular weight excluding hydrogens is 313 g/mol. The maximum absolute atomic E-state index is 4.36. The van der Waals surface area contributed by atoms with E-state index in [4.69, 9.17) is 0 Å². The van der Waals surface area contributed by atoms with Crippen LogP contribution < -0.4 is 0 Å². The van der Waals surface area contributed by atoms with E-state index >= 15 is 0 Å². The van der Waals surface area contributed by atoms with E-state index in [0.717, 1.165) is 11.4 Å². The maximum atomic E-state index is 4.36. The van der Waals surface area contributed by atoms with Gasteiger partial charge < -0.3 is 0 Å². The van der Waals surface area contributed by atoms with E-state index in [-0.39, 0.29) is 0 Å². The van der Waals surface area contributed by atoms with Crippen molar-refractivity contribution in [1.82, 2.24) is 4.98 Å².